The lowest BCUT2D eigenvalue weighted by Crippen LogP contribution is -2.24. The molecule has 0 aromatic heterocycles. The van der Waals surface area contributed by atoms with E-state index in [0.29, 0.717) is 5.56 Å². The second-order valence-electron chi connectivity index (χ2n) is 5.37. The topological polar surface area (TPSA) is 12.0 Å². The van der Waals surface area contributed by atoms with Gasteiger partial charge in [0.1, 0.15) is 5.82 Å². The molecule has 1 nitrogen and oxygen atoms in total. The van der Waals surface area contributed by atoms with Crippen molar-refractivity contribution >= 4 is 11.6 Å². The Kier molecular flexibility index (Phi) is 5.38. The maximum Gasteiger partial charge on any atom is 0.146 e. The molecular weight excluding hydrogens is 285 g/mol. The number of halogens is 2. The first-order chi connectivity index (χ1) is 10.0. The van der Waals surface area contributed by atoms with Crippen LogP contribution in [0, 0.1) is 19.7 Å². The van der Waals surface area contributed by atoms with Crippen LogP contribution in [0.2, 0.25) is 5.02 Å². The fourth-order valence-corrected chi connectivity index (χ4v) is 2.57. The van der Waals surface area contributed by atoms with E-state index in [2.05, 4.69) is 44.3 Å². The minimum Gasteiger partial charge on any atom is -0.306 e. The predicted molar refractivity (Wildman–Crippen MR) is 87.5 cm³/mol. The monoisotopic (exact) mass is 305 g/mol. The van der Waals surface area contributed by atoms with E-state index in [1.807, 2.05) is 0 Å². The zero-order chi connectivity index (χ0) is 15.4. The van der Waals surface area contributed by atoms with Gasteiger partial charge in [0.25, 0.3) is 0 Å². The predicted octanol–water partition coefficient (Wildman–Crippen LogP) is 5.18. The van der Waals surface area contributed by atoms with Gasteiger partial charge in [0.2, 0.25) is 0 Å². The first-order valence-corrected chi connectivity index (χ1v) is 7.66. The molecule has 112 valence electrons. The normalized spacial score (nSPS) is 12.4. The summed E-state index contributed by atoms with van der Waals surface area (Å²) in [5, 5.41) is 3.58. The summed E-state index contributed by atoms with van der Waals surface area (Å²) in [6.07, 6.45) is 0.990. The average Bonchev–Trinajstić information content (AvgIpc) is 2.47. The Balaban J connectivity index is 2.47. The maximum absolute atomic E-state index is 14.4. The molecule has 0 heterocycles. The van der Waals surface area contributed by atoms with Crippen molar-refractivity contribution in [1.29, 1.82) is 0 Å². The van der Waals surface area contributed by atoms with Gasteiger partial charge in [-0.25, -0.2) is 4.39 Å². The van der Waals surface area contributed by atoms with Crippen LogP contribution in [0.4, 0.5) is 4.39 Å². The first kappa shape index (κ1) is 16.0. The average molecular weight is 306 g/mol. The van der Waals surface area contributed by atoms with Gasteiger partial charge in [-0.05, 0) is 49.6 Å². The van der Waals surface area contributed by atoms with Crippen LogP contribution in [0.5, 0.6) is 0 Å². The van der Waals surface area contributed by atoms with E-state index < -0.39 is 0 Å². The number of nitrogens with one attached hydrogen (secondary N) is 1. The Labute approximate surface area is 131 Å². The molecule has 1 atom stereocenters. The van der Waals surface area contributed by atoms with Crippen LogP contribution >= 0.6 is 11.6 Å². The fourth-order valence-electron chi connectivity index (χ4n) is 2.38. The second kappa shape index (κ2) is 7.06. The summed E-state index contributed by atoms with van der Waals surface area (Å²) in [4.78, 5) is 0. The Bertz CT molecular complexity index is 625. The van der Waals surface area contributed by atoms with Gasteiger partial charge in [0.05, 0.1) is 11.1 Å². The third kappa shape index (κ3) is 3.63. The van der Waals surface area contributed by atoms with Crippen molar-refractivity contribution in [2.75, 3.05) is 6.54 Å². The third-order valence-electron chi connectivity index (χ3n) is 3.76. The van der Waals surface area contributed by atoms with E-state index >= 15 is 0 Å². The highest BCUT2D eigenvalue weighted by atomic mass is 35.5. The standard InChI is InChI=1S/C18H21ClFN/c1-4-10-21-18(14-9-8-12(2)13(3)11-14)15-6-5-7-16(19)17(15)20/h5-9,11,18,21H,4,10H2,1-3H3. The Morgan fingerprint density at radius 3 is 2.57 bits per heavy atom. The van der Waals surface area contributed by atoms with E-state index in [9.17, 15) is 4.39 Å². The van der Waals surface area contributed by atoms with Crippen LogP contribution in [0.15, 0.2) is 36.4 Å². The molecule has 2 rings (SSSR count). The number of hydrogen-bond donors (Lipinski definition) is 1. The molecule has 0 saturated heterocycles. The maximum atomic E-state index is 14.4. The SMILES string of the molecule is CCCNC(c1ccc(C)c(C)c1)c1cccc(Cl)c1F. The summed E-state index contributed by atoms with van der Waals surface area (Å²) in [7, 11) is 0. The molecule has 3 heteroatoms. The lowest BCUT2D eigenvalue weighted by molar-refractivity contribution is 0.547. The van der Waals surface area contributed by atoms with Gasteiger partial charge in [-0.1, -0.05) is 48.9 Å². The number of hydrogen-bond acceptors (Lipinski definition) is 1. The van der Waals surface area contributed by atoms with Gasteiger partial charge in [0, 0.05) is 5.56 Å². The Morgan fingerprint density at radius 1 is 1.14 bits per heavy atom. The molecule has 0 saturated carbocycles. The molecule has 1 N–H and O–H groups in total. The van der Waals surface area contributed by atoms with E-state index in [0.717, 1.165) is 18.5 Å². The highest BCUT2D eigenvalue weighted by Gasteiger charge is 2.19. The number of aryl methyl sites for hydroxylation is 2. The van der Waals surface area contributed by atoms with Gasteiger partial charge in [-0.15, -0.1) is 0 Å². The fraction of sp³-hybridized carbons (Fsp3) is 0.333. The van der Waals surface area contributed by atoms with Crippen molar-refractivity contribution in [3.63, 3.8) is 0 Å². The highest BCUT2D eigenvalue weighted by molar-refractivity contribution is 6.30. The summed E-state index contributed by atoms with van der Waals surface area (Å²) in [6.45, 7) is 7.07. The van der Waals surface area contributed by atoms with Crippen molar-refractivity contribution in [3.8, 4) is 0 Å². The molecule has 2 aromatic carbocycles. The van der Waals surface area contributed by atoms with Gasteiger partial charge in [-0.2, -0.15) is 0 Å². The van der Waals surface area contributed by atoms with Crippen LogP contribution in [0.3, 0.4) is 0 Å². The minimum atomic E-state index is -0.342. The molecule has 0 aliphatic carbocycles. The van der Waals surface area contributed by atoms with Crippen molar-refractivity contribution < 1.29 is 4.39 Å². The summed E-state index contributed by atoms with van der Waals surface area (Å²) < 4.78 is 14.4. The number of benzene rings is 2. The van der Waals surface area contributed by atoms with E-state index in [4.69, 9.17) is 11.6 Å². The van der Waals surface area contributed by atoms with Crippen LogP contribution in [-0.2, 0) is 0 Å². The summed E-state index contributed by atoms with van der Waals surface area (Å²) >= 11 is 5.93. The third-order valence-corrected chi connectivity index (χ3v) is 4.05. The van der Waals surface area contributed by atoms with Crippen LogP contribution < -0.4 is 5.32 Å². The molecule has 0 bridgehead atoms. The summed E-state index contributed by atoms with van der Waals surface area (Å²) in [5.74, 6) is -0.342. The summed E-state index contributed by atoms with van der Waals surface area (Å²) in [5.41, 5.74) is 4.10. The van der Waals surface area contributed by atoms with Crippen LogP contribution in [0.1, 0.15) is 41.6 Å². The molecule has 2 aromatic rings. The molecule has 0 spiro atoms. The Hall–Kier alpha value is -1.38. The van der Waals surface area contributed by atoms with Crippen LogP contribution in [-0.4, -0.2) is 6.54 Å². The van der Waals surface area contributed by atoms with Crippen molar-refractivity contribution in [2.45, 2.75) is 33.2 Å². The zero-order valence-electron chi connectivity index (χ0n) is 12.7. The first-order valence-electron chi connectivity index (χ1n) is 7.29. The smallest absolute Gasteiger partial charge is 0.146 e. The lowest BCUT2D eigenvalue weighted by Gasteiger charge is -2.21. The molecule has 0 fully saturated rings. The molecule has 0 radical (unpaired) electrons. The summed E-state index contributed by atoms with van der Waals surface area (Å²) in [6, 6.07) is 11.2. The van der Waals surface area contributed by atoms with E-state index in [-0.39, 0.29) is 16.9 Å². The molecule has 1 unspecified atom stereocenters. The minimum absolute atomic E-state index is 0.166. The van der Waals surface area contributed by atoms with Crippen molar-refractivity contribution in [3.05, 3.63) is 69.5 Å². The van der Waals surface area contributed by atoms with Gasteiger partial charge < -0.3 is 5.32 Å². The molecule has 21 heavy (non-hydrogen) atoms. The molecule has 0 amide bonds. The van der Waals surface area contributed by atoms with Crippen molar-refractivity contribution in [2.24, 2.45) is 0 Å². The number of rotatable bonds is 5. The van der Waals surface area contributed by atoms with Gasteiger partial charge >= 0.3 is 0 Å². The van der Waals surface area contributed by atoms with Crippen molar-refractivity contribution in [1.82, 2.24) is 5.32 Å². The molecule has 0 aliphatic heterocycles. The molecule has 0 aliphatic rings. The lowest BCUT2D eigenvalue weighted by atomic mass is 9.95. The highest BCUT2D eigenvalue weighted by Crippen LogP contribution is 2.29. The zero-order valence-corrected chi connectivity index (χ0v) is 13.5. The van der Waals surface area contributed by atoms with E-state index in [1.165, 1.54) is 11.1 Å². The molecular formula is C18H21ClFN. The Morgan fingerprint density at radius 2 is 1.90 bits per heavy atom. The van der Waals surface area contributed by atoms with Gasteiger partial charge in [-0.3, -0.25) is 0 Å². The van der Waals surface area contributed by atoms with E-state index in [1.54, 1.807) is 18.2 Å². The second-order valence-corrected chi connectivity index (χ2v) is 5.78. The quantitative estimate of drug-likeness (QED) is 0.802. The van der Waals surface area contributed by atoms with Crippen LogP contribution in [0.25, 0.3) is 0 Å². The van der Waals surface area contributed by atoms with Gasteiger partial charge in [0.15, 0.2) is 0 Å². The largest absolute Gasteiger partial charge is 0.306 e.